The molecule has 0 heterocycles. The van der Waals surface area contributed by atoms with Gasteiger partial charge in [0.15, 0.2) is 0 Å². The minimum absolute atomic E-state index is 0. The fraction of sp³-hybridized carbons (Fsp3) is 0. The van der Waals surface area contributed by atoms with Gasteiger partial charge in [0, 0.05) is 0 Å². The van der Waals surface area contributed by atoms with Crippen LogP contribution in [0.2, 0.25) is 0 Å². The van der Waals surface area contributed by atoms with Crippen LogP contribution >= 0.6 is 0 Å². The molecule has 0 aliphatic rings. The van der Waals surface area contributed by atoms with E-state index in [2.05, 4.69) is 0 Å². The molecule has 0 saturated heterocycles. The van der Waals surface area contributed by atoms with Gasteiger partial charge in [0.25, 0.3) is 0 Å². The van der Waals surface area contributed by atoms with Crippen LogP contribution in [0.3, 0.4) is 0 Å². The number of halogens is 3. The van der Waals surface area contributed by atoms with Crippen molar-refractivity contribution in [2.45, 2.75) is 0 Å². The number of hydrogen-bond donors (Lipinski definition) is 0. The first-order valence-corrected chi connectivity index (χ1v) is 0. The Labute approximate surface area is 164 Å². The summed E-state index contributed by atoms with van der Waals surface area (Å²) in [7, 11) is 0. The average Bonchev–Trinajstić information content (AvgIpc) is 0. The van der Waals surface area contributed by atoms with Crippen molar-refractivity contribution in [2.75, 3.05) is 0 Å². The Bertz CT molecular complexity index is 8.75. The molecule has 0 rings (SSSR count). The Kier molecular flexibility index (Phi) is 232. The molecule has 0 amide bonds. The van der Waals surface area contributed by atoms with Gasteiger partial charge in [-0.3, -0.25) is 0 Å². The van der Waals surface area contributed by atoms with Crippen LogP contribution < -0.4 is 170 Å². The van der Waals surface area contributed by atoms with Crippen molar-refractivity contribution in [3.63, 3.8) is 0 Å². The van der Waals surface area contributed by atoms with E-state index in [-0.39, 0.29) is 170 Å². The van der Waals surface area contributed by atoms with E-state index in [1.54, 1.807) is 0 Å². The molecule has 0 atom stereocenters. The molecule has 0 N–H and O–H groups in total. The van der Waals surface area contributed by atoms with E-state index in [1.165, 1.54) is 0 Å². The molecular weight excluding hydrogens is 208 g/mol. The van der Waals surface area contributed by atoms with Crippen LogP contribution in [0.25, 0.3) is 0 Å². The summed E-state index contributed by atoms with van der Waals surface area (Å²) in [6.07, 6.45) is 0. The third kappa shape index (κ3) is 22.9. The minimum Gasteiger partial charge on any atom is -1.00 e. The maximum absolute atomic E-state index is 0. The van der Waals surface area contributed by atoms with Gasteiger partial charge in [-0.15, -0.1) is 0 Å². The normalized spacial score (nSPS) is 0. The predicted molar refractivity (Wildman–Crippen MR) is 0 cm³/mol. The Morgan fingerprint density at radius 2 is 0.500 bits per heavy atom. The van der Waals surface area contributed by atoms with Gasteiger partial charge in [-0.05, 0) is 0 Å². The van der Waals surface area contributed by atoms with Crippen LogP contribution in [0.1, 0.15) is 0 Å². The van der Waals surface area contributed by atoms with Crippen molar-refractivity contribution in [1.82, 2.24) is 0 Å². The fourth-order valence-corrected chi connectivity index (χ4v) is 0. The zero-order valence-corrected chi connectivity index (χ0v) is 14.6. The van der Waals surface area contributed by atoms with E-state index < -0.39 is 0 Å². The molecule has 0 saturated carbocycles. The summed E-state index contributed by atoms with van der Waals surface area (Å²) in [4.78, 5) is 0. The second-order valence-corrected chi connectivity index (χ2v) is 0. The first kappa shape index (κ1) is 43.3. The van der Waals surface area contributed by atoms with Gasteiger partial charge < -0.3 is 37.2 Å². The molecular formula is Cl3K2Na. The summed E-state index contributed by atoms with van der Waals surface area (Å²) in [5.41, 5.74) is 0. The van der Waals surface area contributed by atoms with Crippen molar-refractivity contribution < 1.29 is 170 Å². The van der Waals surface area contributed by atoms with Crippen molar-refractivity contribution in [3.8, 4) is 0 Å². The van der Waals surface area contributed by atoms with Gasteiger partial charge in [0.2, 0.25) is 0 Å². The van der Waals surface area contributed by atoms with E-state index in [0.717, 1.165) is 0 Å². The molecule has 0 bridgehead atoms. The Balaban J connectivity index is 0. The zero-order valence-electron chi connectivity index (χ0n) is 4.13. The van der Waals surface area contributed by atoms with E-state index >= 15 is 0 Å². The van der Waals surface area contributed by atoms with Gasteiger partial charge in [-0.2, -0.15) is 0 Å². The van der Waals surface area contributed by atoms with Crippen LogP contribution in [-0.4, -0.2) is 0 Å². The summed E-state index contributed by atoms with van der Waals surface area (Å²) in [6, 6.07) is 0. The SMILES string of the molecule is [Cl-].[Cl-].[Cl-].[K+].[K+].[Na+]. The van der Waals surface area contributed by atoms with Crippen molar-refractivity contribution in [2.24, 2.45) is 0 Å². The maximum atomic E-state index is 0. The van der Waals surface area contributed by atoms with Gasteiger partial charge in [-0.25, -0.2) is 0 Å². The molecule has 6 heteroatoms. The van der Waals surface area contributed by atoms with Crippen molar-refractivity contribution >= 4 is 0 Å². The van der Waals surface area contributed by atoms with Gasteiger partial charge >= 0.3 is 132 Å². The molecule has 6 heavy (non-hydrogen) atoms. The summed E-state index contributed by atoms with van der Waals surface area (Å²) >= 11 is 0. The summed E-state index contributed by atoms with van der Waals surface area (Å²) < 4.78 is 0. The van der Waals surface area contributed by atoms with E-state index in [0.29, 0.717) is 0 Å². The topological polar surface area (TPSA) is 0 Å². The Hall–Kier alpha value is 5.14. The first-order valence-electron chi connectivity index (χ1n) is 0. The zero-order chi connectivity index (χ0) is 0. The largest absolute Gasteiger partial charge is 1.00 e. The molecule has 24 valence electrons. The van der Waals surface area contributed by atoms with Crippen molar-refractivity contribution in [3.05, 3.63) is 0 Å². The first-order chi connectivity index (χ1) is 0. The van der Waals surface area contributed by atoms with Crippen molar-refractivity contribution in [1.29, 1.82) is 0 Å². The number of hydrogen-bond acceptors (Lipinski definition) is 0. The monoisotopic (exact) mass is 206 g/mol. The number of rotatable bonds is 0. The molecule has 0 nitrogen and oxygen atoms in total. The standard InChI is InChI=1S/3ClH.2K.Na/h3*1H;;;/q;;;3*+1/p-3. The quantitative estimate of drug-likeness (QED) is 0.346. The molecule has 0 aromatic carbocycles. The van der Waals surface area contributed by atoms with Crippen LogP contribution in [0.15, 0.2) is 0 Å². The van der Waals surface area contributed by atoms with E-state index in [9.17, 15) is 0 Å². The van der Waals surface area contributed by atoms with Gasteiger partial charge in [0.05, 0.1) is 0 Å². The molecule has 0 aromatic heterocycles. The summed E-state index contributed by atoms with van der Waals surface area (Å²) in [5.74, 6) is 0. The molecule has 0 radical (unpaired) electrons. The molecule has 0 aromatic rings. The molecule has 0 aliphatic carbocycles. The van der Waals surface area contributed by atoms with Crippen LogP contribution in [0.4, 0.5) is 0 Å². The second-order valence-electron chi connectivity index (χ2n) is 0. The van der Waals surface area contributed by atoms with Crippen LogP contribution in [-0.2, 0) is 0 Å². The van der Waals surface area contributed by atoms with Crippen LogP contribution in [0, 0.1) is 0 Å². The average molecular weight is 208 g/mol. The fourth-order valence-electron chi connectivity index (χ4n) is 0. The van der Waals surface area contributed by atoms with Crippen LogP contribution in [0.5, 0.6) is 0 Å². The van der Waals surface area contributed by atoms with E-state index in [1.807, 2.05) is 0 Å². The molecule has 0 fully saturated rings. The molecule has 0 aliphatic heterocycles. The molecule has 0 spiro atoms. The summed E-state index contributed by atoms with van der Waals surface area (Å²) in [5, 5.41) is 0. The summed E-state index contributed by atoms with van der Waals surface area (Å²) in [6.45, 7) is 0. The third-order valence-electron chi connectivity index (χ3n) is 0. The second kappa shape index (κ2) is 32.1. The molecule has 0 unspecified atom stereocenters. The van der Waals surface area contributed by atoms with Gasteiger partial charge in [0.1, 0.15) is 0 Å². The third-order valence-corrected chi connectivity index (χ3v) is 0. The van der Waals surface area contributed by atoms with Gasteiger partial charge in [-0.1, -0.05) is 0 Å². The minimum atomic E-state index is 0. The predicted octanol–water partition coefficient (Wildman–Crippen LogP) is -18.0. The smallest absolute Gasteiger partial charge is 1.00 e. The van der Waals surface area contributed by atoms with E-state index in [4.69, 9.17) is 0 Å². The Morgan fingerprint density at radius 1 is 0.500 bits per heavy atom. The Morgan fingerprint density at radius 3 is 0.500 bits per heavy atom. The maximum Gasteiger partial charge on any atom is 1.00 e.